The third-order valence-corrected chi connectivity index (χ3v) is 4.61. The zero-order chi connectivity index (χ0) is 14.2. The van der Waals surface area contributed by atoms with Gasteiger partial charge in [0.25, 0.3) is 0 Å². The van der Waals surface area contributed by atoms with Gasteiger partial charge in [0.1, 0.15) is 0 Å². The van der Waals surface area contributed by atoms with Gasteiger partial charge in [-0.1, -0.05) is 23.3 Å². The molecule has 0 unspecified atom stereocenters. The summed E-state index contributed by atoms with van der Waals surface area (Å²) in [6.45, 7) is 5.59. The van der Waals surface area contributed by atoms with E-state index in [-0.39, 0.29) is 17.8 Å². The van der Waals surface area contributed by atoms with E-state index < -0.39 is 5.79 Å². The molecule has 1 saturated heterocycles. The van der Waals surface area contributed by atoms with E-state index in [1.807, 2.05) is 13.8 Å². The van der Waals surface area contributed by atoms with Gasteiger partial charge >= 0.3 is 5.97 Å². The fourth-order valence-corrected chi connectivity index (χ4v) is 3.63. The van der Waals surface area contributed by atoms with Crippen LogP contribution in [0.3, 0.4) is 0 Å². The van der Waals surface area contributed by atoms with Gasteiger partial charge in [-0.15, -0.1) is 0 Å². The fourth-order valence-electron chi connectivity index (χ4n) is 3.63. The molecule has 110 valence electrons. The van der Waals surface area contributed by atoms with Crippen molar-refractivity contribution in [2.24, 2.45) is 11.8 Å². The summed E-state index contributed by atoms with van der Waals surface area (Å²) >= 11 is 0. The Morgan fingerprint density at radius 3 is 2.85 bits per heavy atom. The molecule has 0 aromatic heterocycles. The molecule has 20 heavy (non-hydrogen) atoms. The van der Waals surface area contributed by atoms with E-state index in [2.05, 4.69) is 12.2 Å². The molecule has 4 heteroatoms. The molecule has 3 rings (SSSR count). The summed E-state index contributed by atoms with van der Waals surface area (Å²) in [4.78, 5) is 12.3. The number of carbonyl (C=O) groups is 1. The minimum Gasteiger partial charge on any atom is -0.466 e. The van der Waals surface area contributed by atoms with Crippen molar-refractivity contribution < 1.29 is 19.0 Å². The highest BCUT2D eigenvalue weighted by Crippen LogP contribution is 2.47. The molecule has 0 amide bonds. The maximum Gasteiger partial charge on any atom is 0.313 e. The number of esters is 1. The van der Waals surface area contributed by atoms with Crippen LogP contribution in [0, 0.1) is 11.8 Å². The summed E-state index contributed by atoms with van der Waals surface area (Å²) < 4.78 is 16.9. The molecule has 1 saturated carbocycles. The minimum atomic E-state index is -0.468. The second-order valence-corrected chi connectivity index (χ2v) is 5.80. The van der Waals surface area contributed by atoms with Crippen molar-refractivity contribution >= 4 is 5.97 Å². The van der Waals surface area contributed by atoms with Crippen molar-refractivity contribution in [1.29, 1.82) is 0 Å². The molecule has 0 N–H and O–H groups in total. The Morgan fingerprint density at radius 2 is 2.15 bits per heavy atom. The van der Waals surface area contributed by atoms with Crippen molar-refractivity contribution in [3.63, 3.8) is 0 Å². The lowest BCUT2D eigenvalue weighted by atomic mass is 9.69. The topological polar surface area (TPSA) is 44.8 Å². The number of hydrogen-bond donors (Lipinski definition) is 0. The maximum absolute atomic E-state index is 12.3. The number of ether oxygens (including phenoxy) is 3. The van der Waals surface area contributed by atoms with Crippen LogP contribution in [-0.4, -0.2) is 31.6 Å². The molecule has 0 bridgehead atoms. The monoisotopic (exact) mass is 278 g/mol. The van der Waals surface area contributed by atoms with Gasteiger partial charge in [0.05, 0.1) is 25.7 Å². The smallest absolute Gasteiger partial charge is 0.313 e. The second kappa shape index (κ2) is 5.34. The van der Waals surface area contributed by atoms with Crippen LogP contribution in [-0.2, 0) is 19.0 Å². The van der Waals surface area contributed by atoms with E-state index in [1.165, 1.54) is 5.57 Å². The lowest BCUT2D eigenvalue weighted by molar-refractivity contribution is -0.185. The first-order valence-electron chi connectivity index (χ1n) is 7.47. The van der Waals surface area contributed by atoms with Gasteiger partial charge in [-0.25, -0.2) is 0 Å². The van der Waals surface area contributed by atoms with Gasteiger partial charge in [-0.05, 0) is 20.3 Å². The van der Waals surface area contributed by atoms with Gasteiger partial charge in [0.15, 0.2) is 5.79 Å². The van der Waals surface area contributed by atoms with Crippen LogP contribution >= 0.6 is 0 Å². The van der Waals surface area contributed by atoms with Gasteiger partial charge in [-0.2, -0.15) is 0 Å². The van der Waals surface area contributed by atoms with Gasteiger partial charge in [0, 0.05) is 18.8 Å². The number of rotatable bonds is 2. The Kier molecular flexibility index (Phi) is 3.69. The minimum absolute atomic E-state index is 0.119. The van der Waals surface area contributed by atoms with Crippen molar-refractivity contribution in [3.8, 4) is 0 Å². The standard InChI is InChI=1S/C16H22O4/c1-3-18-15(17)14-11(2)4-5-12-6-7-16(10-13(12)14)19-8-9-20-16/h4-5,13-14H,3,6-10H2,1-2H3/t13-,14+/m0/s1. The molecule has 0 aromatic carbocycles. The predicted octanol–water partition coefficient (Wildman–Crippen LogP) is 2.60. The fraction of sp³-hybridized carbons (Fsp3) is 0.688. The van der Waals surface area contributed by atoms with Crippen LogP contribution in [0.2, 0.25) is 0 Å². The number of fused-ring (bicyclic) bond motifs is 1. The zero-order valence-corrected chi connectivity index (χ0v) is 12.2. The summed E-state index contributed by atoms with van der Waals surface area (Å²) in [6.07, 6.45) is 6.80. The van der Waals surface area contributed by atoms with Gasteiger partial charge < -0.3 is 14.2 Å². The first-order chi connectivity index (χ1) is 9.65. The molecule has 1 spiro atoms. The largest absolute Gasteiger partial charge is 0.466 e. The molecule has 4 nitrogen and oxygen atoms in total. The first kappa shape index (κ1) is 13.8. The summed E-state index contributed by atoms with van der Waals surface area (Å²) in [5, 5.41) is 0. The molecule has 2 fully saturated rings. The van der Waals surface area contributed by atoms with Gasteiger partial charge in [0.2, 0.25) is 0 Å². The second-order valence-electron chi connectivity index (χ2n) is 5.80. The predicted molar refractivity (Wildman–Crippen MR) is 73.9 cm³/mol. The highest BCUT2D eigenvalue weighted by atomic mass is 16.7. The van der Waals surface area contributed by atoms with Crippen LogP contribution in [0.15, 0.2) is 23.3 Å². The van der Waals surface area contributed by atoms with Crippen molar-refractivity contribution in [2.75, 3.05) is 19.8 Å². The normalized spacial score (nSPS) is 31.5. The molecule has 1 aliphatic heterocycles. The van der Waals surface area contributed by atoms with E-state index in [0.717, 1.165) is 24.8 Å². The molecular formula is C16H22O4. The van der Waals surface area contributed by atoms with Crippen LogP contribution in [0.25, 0.3) is 0 Å². The number of carbonyl (C=O) groups excluding carboxylic acids is 1. The van der Waals surface area contributed by atoms with Crippen molar-refractivity contribution in [2.45, 2.75) is 38.9 Å². The van der Waals surface area contributed by atoms with Gasteiger partial charge in [-0.3, -0.25) is 4.79 Å². The summed E-state index contributed by atoms with van der Waals surface area (Å²) in [7, 11) is 0. The van der Waals surface area contributed by atoms with E-state index in [1.54, 1.807) is 0 Å². The van der Waals surface area contributed by atoms with Crippen molar-refractivity contribution in [1.82, 2.24) is 0 Å². The molecule has 0 radical (unpaired) electrons. The number of allylic oxidation sites excluding steroid dienone is 3. The van der Waals surface area contributed by atoms with Crippen LogP contribution in [0.5, 0.6) is 0 Å². The lowest BCUT2D eigenvalue weighted by Crippen LogP contribution is -2.42. The highest BCUT2D eigenvalue weighted by Gasteiger charge is 2.48. The van der Waals surface area contributed by atoms with Crippen LogP contribution < -0.4 is 0 Å². The summed E-state index contributed by atoms with van der Waals surface area (Å²) in [6, 6.07) is 0. The van der Waals surface area contributed by atoms with E-state index in [4.69, 9.17) is 14.2 Å². The Hall–Kier alpha value is -1.13. The Bertz CT molecular complexity index is 457. The lowest BCUT2D eigenvalue weighted by Gasteiger charge is -2.42. The molecule has 0 aromatic rings. The summed E-state index contributed by atoms with van der Waals surface area (Å²) in [5.41, 5.74) is 2.41. The average molecular weight is 278 g/mol. The first-order valence-corrected chi connectivity index (χ1v) is 7.47. The molecule has 3 aliphatic rings. The number of hydrogen-bond acceptors (Lipinski definition) is 4. The third kappa shape index (κ3) is 2.31. The molecular weight excluding hydrogens is 256 g/mol. The van der Waals surface area contributed by atoms with E-state index >= 15 is 0 Å². The highest BCUT2D eigenvalue weighted by molar-refractivity contribution is 5.77. The molecule has 2 aliphatic carbocycles. The Balaban J connectivity index is 1.85. The Labute approximate surface area is 119 Å². The molecule has 1 heterocycles. The maximum atomic E-state index is 12.3. The van der Waals surface area contributed by atoms with E-state index in [0.29, 0.717) is 19.8 Å². The van der Waals surface area contributed by atoms with Crippen LogP contribution in [0.1, 0.15) is 33.1 Å². The SMILES string of the molecule is CCOC(=O)[C@@H]1C(C)=CC=C2CCC3(C[C@@H]21)OCCO3. The summed E-state index contributed by atoms with van der Waals surface area (Å²) in [5.74, 6) is -0.609. The average Bonchev–Trinajstić information content (AvgIpc) is 2.87. The van der Waals surface area contributed by atoms with Crippen LogP contribution in [0.4, 0.5) is 0 Å². The quantitative estimate of drug-likeness (QED) is 0.728. The van der Waals surface area contributed by atoms with Crippen molar-refractivity contribution in [3.05, 3.63) is 23.3 Å². The zero-order valence-electron chi connectivity index (χ0n) is 12.2. The Morgan fingerprint density at radius 1 is 1.40 bits per heavy atom. The third-order valence-electron chi connectivity index (χ3n) is 4.61. The van der Waals surface area contributed by atoms with E-state index in [9.17, 15) is 4.79 Å². The molecule has 2 atom stereocenters.